The van der Waals surface area contributed by atoms with Gasteiger partial charge in [-0.2, -0.15) is 5.26 Å². The van der Waals surface area contributed by atoms with E-state index in [2.05, 4.69) is 37.3 Å². The predicted molar refractivity (Wildman–Crippen MR) is 69.0 cm³/mol. The van der Waals surface area contributed by atoms with Crippen molar-refractivity contribution in [3.05, 3.63) is 53.0 Å². The van der Waals surface area contributed by atoms with E-state index in [1.165, 1.54) is 4.90 Å². The first-order chi connectivity index (χ1) is 7.79. The van der Waals surface area contributed by atoms with Gasteiger partial charge in [0, 0.05) is 11.8 Å². The van der Waals surface area contributed by atoms with Crippen LogP contribution in [0.4, 0.5) is 0 Å². The van der Waals surface area contributed by atoms with Gasteiger partial charge < -0.3 is 0 Å². The quantitative estimate of drug-likeness (QED) is 0.563. The molecule has 0 amide bonds. The van der Waals surface area contributed by atoms with Crippen LogP contribution >= 0.6 is 0 Å². The molecule has 0 spiro atoms. The second-order valence-electron chi connectivity index (χ2n) is 3.94. The Hall–Kier alpha value is -1.46. The summed E-state index contributed by atoms with van der Waals surface area (Å²) in [4.78, 5) is 2.39. The maximum Gasteiger partial charge on any atom is 0.171 e. The second-order valence-corrected chi connectivity index (χ2v) is 5.16. The Labute approximate surface area is 100 Å². The van der Waals surface area contributed by atoms with Crippen LogP contribution in [-0.2, 0) is 11.8 Å². The first-order valence-corrected chi connectivity index (χ1v) is 6.28. The molecule has 1 nitrogen and oxygen atoms in total. The highest BCUT2D eigenvalue weighted by atomic mass is 32.2. The lowest BCUT2D eigenvalue weighted by Crippen LogP contribution is -2.02. The van der Waals surface area contributed by atoms with Gasteiger partial charge in [-0.05, 0) is 30.5 Å². The zero-order chi connectivity index (χ0) is 11.4. The van der Waals surface area contributed by atoms with Crippen molar-refractivity contribution in [2.24, 2.45) is 5.92 Å². The van der Waals surface area contributed by atoms with Gasteiger partial charge in [0.15, 0.2) is 9.80 Å². The summed E-state index contributed by atoms with van der Waals surface area (Å²) in [5.74, 6) is 0.490. The standard InChI is InChI=1S/C14H13NS/c1-11-7-8-14(12(9-11)10-15)16-13-5-3-2-4-6-13/h2-6,8-9,11H,7H2,1H3/p+1. The van der Waals surface area contributed by atoms with Crippen LogP contribution in [0.15, 0.2) is 57.9 Å². The van der Waals surface area contributed by atoms with E-state index in [0.29, 0.717) is 5.92 Å². The topological polar surface area (TPSA) is 23.8 Å². The van der Waals surface area contributed by atoms with Gasteiger partial charge in [0.05, 0.1) is 0 Å². The first kappa shape index (κ1) is 11.0. The molecule has 0 aromatic heterocycles. The van der Waals surface area contributed by atoms with Gasteiger partial charge in [0.2, 0.25) is 0 Å². The van der Waals surface area contributed by atoms with Crippen LogP contribution in [-0.4, -0.2) is 0 Å². The highest BCUT2D eigenvalue weighted by molar-refractivity contribution is 7.83. The number of thiol groups is 1. The van der Waals surface area contributed by atoms with Crippen molar-refractivity contribution in [3.63, 3.8) is 0 Å². The number of nitrogens with zero attached hydrogens (tertiary/aromatic N) is 1. The highest BCUT2D eigenvalue weighted by Gasteiger charge is 2.20. The largest absolute Gasteiger partial charge is 0.192 e. The lowest BCUT2D eigenvalue weighted by atomic mass is 9.99. The molecule has 0 fully saturated rings. The number of benzene rings is 1. The van der Waals surface area contributed by atoms with Crippen LogP contribution in [0.3, 0.4) is 0 Å². The fraction of sp³-hybridized carbons (Fsp3) is 0.214. The van der Waals surface area contributed by atoms with Gasteiger partial charge >= 0.3 is 0 Å². The maximum atomic E-state index is 9.09. The van der Waals surface area contributed by atoms with E-state index in [1.807, 2.05) is 18.2 Å². The summed E-state index contributed by atoms with van der Waals surface area (Å²) in [6.07, 6.45) is 5.31. The molecular formula is C14H14NS+. The molecule has 0 saturated heterocycles. The predicted octanol–water partition coefficient (Wildman–Crippen LogP) is 3.23. The summed E-state index contributed by atoms with van der Waals surface area (Å²) in [7, 11) is 0. The SMILES string of the molecule is CC1C=C(C#N)C([SH+]c2ccccc2)=CC1. The normalized spacial score (nSPS) is 19.6. The van der Waals surface area contributed by atoms with E-state index < -0.39 is 0 Å². The number of hydrogen-bond donors (Lipinski definition) is 0. The van der Waals surface area contributed by atoms with Gasteiger partial charge in [-0.3, -0.25) is 0 Å². The molecule has 0 saturated carbocycles. The molecule has 0 N–H and O–H groups in total. The molecular weight excluding hydrogens is 214 g/mol. The average molecular weight is 228 g/mol. The molecule has 0 heterocycles. The van der Waals surface area contributed by atoms with Gasteiger partial charge in [-0.1, -0.05) is 31.2 Å². The average Bonchev–Trinajstić information content (AvgIpc) is 2.33. The molecule has 1 aliphatic rings. The van der Waals surface area contributed by atoms with Crippen molar-refractivity contribution in [2.45, 2.75) is 18.2 Å². The minimum atomic E-state index is 0.490. The van der Waals surface area contributed by atoms with Crippen LogP contribution in [0, 0.1) is 17.2 Å². The van der Waals surface area contributed by atoms with Crippen molar-refractivity contribution in [2.75, 3.05) is 0 Å². The smallest absolute Gasteiger partial charge is 0.171 e. The molecule has 16 heavy (non-hydrogen) atoms. The summed E-state index contributed by atoms with van der Waals surface area (Å²) >= 11 is 1.14. The van der Waals surface area contributed by atoms with Crippen LogP contribution < -0.4 is 0 Å². The number of rotatable bonds is 2. The van der Waals surface area contributed by atoms with E-state index in [9.17, 15) is 0 Å². The number of hydrogen-bond acceptors (Lipinski definition) is 1. The van der Waals surface area contributed by atoms with E-state index >= 15 is 0 Å². The summed E-state index contributed by atoms with van der Waals surface area (Å²) in [6, 6.07) is 12.6. The first-order valence-electron chi connectivity index (χ1n) is 5.39. The lowest BCUT2D eigenvalue weighted by molar-refractivity contribution is 0.731. The van der Waals surface area contributed by atoms with E-state index in [-0.39, 0.29) is 0 Å². The van der Waals surface area contributed by atoms with Crippen molar-refractivity contribution in [1.82, 2.24) is 0 Å². The van der Waals surface area contributed by atoms with Crippen molar-refractivity contribution in [3.8, 4) is 6.07 Å². The number of allylic oxidation sites excluding steroid dienone is 3. The van der Waals surface area contributed by atoms with E-state index in [1.54, 1.807) is 0 Å². The van der Waals surface area contributed by atoms with Gasteiger partial charge in [0.25, 0.3) is 0 Å². The van der Waals surface area contributed by atoms with Crippen molar-refractivity contribution < 1.29 is 0 Å². The Balaban J connectivity index is 2.18. The van der Waals surface area contributed by atoms with E-state index in [4.69, 9.17) is 5.26 Å². The Bertz CT molecular complexity index is 465. The fourth-order valence-corrected chi connectivity index (χ4v) is 2.73. The zero-order valence-corrected chi connectivity index (χ0v) is 10.1. The minimum absolute atomic E-state index is 0.490. The molecule has 0 bridgehead atoms. The van der Waals surface area contributed by atoms with Gasteiger partial charge in [0.1, 0.15) is 11.6 Å². The lowest BCUT2D eigenvalue weighted by Gasteiger charge is -2.09. The second kappa shape index (κ2) is 5.05. The maximum absolute atomic E-state index is 9.09. The molecule has 2 heteroatoms. The van der Waals surface area contributed by atoms with Crippen molar-refractivity contribution in [1.29, 1.82) is 5.26 Å². The minimum Gasteiger partial charge on any atom is -0.192 e. The van der Waals surface area contributed by atoms with Crippen molar-refractivity contribution >= 4 is 11.8 Å². The van der Waals surface area contributed by atoms with Gasteiger partial charge in [-0.25, -0.2) is 0 Å². The molecule has 1 unspecified atom stereocenters. The summed E-state index contributed by atoms with van der Waals surface area (Å²) in [5.41, 5.74) is 0.837. The Morgan fingerprint density at radius 1 is 1.31 bits per heavy atom. The monoisotopic (exact) mass is 228 g/mol. The molecule has 0 radical (unpaired) electrons. The molecule has 1 aromatic carbocycles. The van der Waals surface area contributed by atoms with Gasteiger partial charge in [-0.15, -0.1) is 0 Å². The fourth-order valence-electron chi connectivity index (χ4n) is 1.69. The summed E-state index contributed by atoms with van der Waals surface area (Å²) < 4.78 is 0. The molecule has 0 aliphatic heterocycles. The molecule has 1 aliphatic carbocycles. The third kappa shape index (κ3) is 2.56. The molecule has 1 atom stereocenters. The third-order valence-corrected chi connectivity index (χ3v) is 3.76. The third-order valence-electron chi connectivity index (χ3n) is 2.54. The van der Waals surface area contributed by atoms with Crippen LogP contribution in [0.1, 0.15) is 13.3 Å². The Morgan fingerprint density at radius 3 is 2.75 bits per heavy atom. The summed E-state index contributed by atoms with van der Waals surface area (Å²) in [5, 5.41) is 9.09. The van der Waals surface area contributed by atoms with Crippen LogP contribution in [0.25, 0.3) is 0 Å². The Kier molecular flexibility index (Phi) is 3.48. The highest BCUT2D eigenvalue weighted by Crippen LogP contribution is 2.25. The van der Waals surface area contributed by atoms with Crippen LogP contribution in [0.5, 0.6) is 0 Å². The zero-order valence-electron chi connectivity index (χ0n) is 9.22. The molecule has 1 aromatic rings. The van der Waals surface area contributed by atoms with E-state index in [0.717, 1.165) is 28.7 Å². The Morgan fingerprint density at radius 2 is 2.06 bits per heavy atom. The molecule has 80 valence electrons. The summed E-state index contributed by atoms with van der Waals surface area (Å²) in [6.45, 7) is 2.14. The molecule has 2 rings (SSSR count). The number of nitriles is 1. The van der Waals surface area contributed by atoms with Crippen LogP contribution in [0.2, 0.25) is 0 Å².